The Labute approximate surface area is 228 Å². The maximum absolute atomic E-state index is 12.4. The van der Waals surface area contributed by atoms with Crippen molar-refractivity contribution in [3.8, 4) is 17.2 Å². The first-order chi connectivity index (χ1) is 19.0. The summed E-state index contributed by atoms with van der Waals surface area (Å²) in [5.41, 5.74) is 1.51. The standard InChI is InChI=1S/C28H36N6O5/c1-32-11-13-33(14-12-32)15-16-39-25-8-7-22(18-26(25)38-3)30-19-24(21-5-4-6-23(17-21)37-2)34(28(35)36)27-9-10-29-20-31-27/h4-10,17-18,20,24,30H,11-16,19H2,1-3H3,(H,35,36)/t24-/m0/s1. The van der Waals surface area contributed by atoms with Crippen LogP contribution in [0.15, 0.2) is 61.1 Å². The van der Waals surface area contributed by atoms with Gasteiger partial charge in [-0.05, 0) is 42.9 Å². The van der Waals surface area contributed by atoms with E-state index >= 15 is 0 Å². The van der Waals surface area contributed by atoms with E-state index in [1.807, 2.05) is 42.5 Å². The van der Waals surface area contributed by atoms with E-state index < -0.39 is 12.1 Å². The van der Waals surface area contributed by atoms with Gasteiger partial charge in [-0.15, -0.1) is 0 Å². The highest BCUT2D eigenvalue weighted by Crippen LogP contribution is 2.32. The van der Waals surface area contributed by atoms with E-state index in [0.29, 0.717) is 23.9 Å². The molecule has 2 aromatic carbocycles. The predicted octanol–water partition coefficient (Wildman–Crippen LogP) is 3.46. The number of anilines is 2. The molecule has 1 aliphatic rings. The Morgan fingerprint density at radius 1 is 1.08 bits per heavy atom. The molecule has 1 atom stereocenters. The number of benzene rings is 2. The zero-order valence-corrected chi connectivity index (χ0v) is 22.6. The van der Waals surface area contributed by atoms with Crippen molar-refractivity contribution in [2.24, 2.45) is 0 Å². The van der Waals surface area contributed by atoms with Crippen molar-refractivity contribution in [3.05, 3.63) is 66.6 Å². The largest absolute Gasteiger partial charge is 0.497 e. The first-order valence-corrected chi connectivity index (χ1v) is 12.9. The molecule has 4 rings (SSSR count). The maximum Gasteiger partial charge on any atom is 0.413 e. The van der Waals surface area contributed by atoms with E-state index in [9.17, 15) is 9.90 Å². The summed E-state index contributed by atoms with van der Waals surface area (Å²) in [6.07, 6.45) is 1.71. The quantitative estimate of drug-likeness (QED) is 0.357. The van der Waals surface area contributed by atoms with Crippen molar-refractivity contribution in [3.63, 3.8) is 0 Å². The molecule has 1 aromatic heterocycles. The average molecular weight is 537 g/mol. The normalized spacial score (nSPS) is 14.8. The van der Waals surface area contributed by atoms with Crippen LogP contribution in [0.1, 0.15) is 11.6 Å². The first kappa shape index (κ1) is 27.9. The molecule has 39 heavy (non-hydrogen) atoms. The Morgan fingerprint density at radius 3 is 2.59 bits per heavy atom. The van der Waals surface area contributed by atoms with Gasteiger partial charge in [-0.2, -0.15) is 0 Å². The van der Waals surface area contributed by atoms with Crippen molar-refractivity contribution in [1.29, 1.82) is 0 Å². The molecular weight excluding hydrogens is 500 g/mol. The molecule has 208 valence electrons. The van der Waals surface area contributed by atoms with E-state index in [2.05, 4.69) is 32.1 Å². The molecule has 2 heterocycles. The number of nitrogens with one attached hydrogen (secondary N) is 1. The number of hydrogen-bond acceptors (Lipinski definition) is 9. The van der Waals surface area contributed by atoms with Crippen LogP contribution in [0, 0.1) is 0 Å². The third-order valence-corrected chi connectivity index (χ3v) is 6.73. The lowest BCUT2D eigenvalue weighted by atomic mass is 10.0. The number of carbonyl (C=O) groups is 1. The summed E-state index contributed by atoms with van der Waals surface area (Å²) in [5.74, 6) is 2.16. The number of hydrogen-bond donors (Lipinski definition) is 2. The number of aromatic nitrogens is 2. The lowest BCUT2D eigenvalue weighted by Gasteiger charge is -2.32. The molecular formula is C28H36N6O5. The van der Waals surface area contributed by atoms with Crippen LogP contribution >= 0.6 is 0 Å². The van der Waals surface area contributed by atoms with E-state index in [1.165, 1.54) is 17.4 Å². The van der Waals surface area contributed by atoms with Gasteiger partial charge in [-0.1, -0.05) is 12.1 Å². The second kappa shape index (κ2) is 13.6. The average Bonchev–Trinajstić information content (AvgIpc) is 2.97. The van der Waals surface area contributed by atoms with Crippen LogP contribution < -0.4 is 24.4 Å². The summed E-state index contributed by atoms with van der Waals surface area (Å²) in [6.45, 7) is 5.89. The molecule has 11 nitrogen and oxygen atoms in total. The number of amides is 1. The number of likely N-dealkylation sites (N-methyl/N-ethyl adjacent to an activating group) is 1. The van der Waals surface area contributed by atoms with Crippen LogP contribution in [0.25, 0.3) is 0 Å². The van der Waals surface area contributed by atoms with Crippen molar-refractivity contribution in [1.82, 2.24) is 19.8 Å². The summed E-state index contributed by atoms with van der Waals surface area (Å²) in [5, 5.41) is 13.5. The Kier molecular flexibility index (Phi) is 9.76. The van der Waals surface area contributed by atoms with Crippen molar-refractivity contribution < 1.29 is 24.1 Å². The molecule has 0 spiro atoms. The second-order valence-electron chi connectivity index (χ2n) is 9.25. The lowest BCUT2D eigenvalue weighted by molar-refractivity contribution is 0.133. The van der Waals surface area contributed by atoms with E-state index in [4.69, 9.17) is 14.2 Å². The van der Waals surface area contributed by atoms with Crippen molar-refractivity contribution in [2.45, 2.75) is 6.04 Å². The molecule has 0 saturated carbocycles. The minimum Gasteiger partial charge on any atom is -0.497 e. The lowest BCUT2D eigenvalue weighted by Crippen LogP contribution is -2.45. The number of ether oxygens (including phenoxy) is 3. The minimum atomic E-state index is -1.13. The monoisotopic (exact) mass is 536 g/mol. The van der Waals surface area contributed by atoms with Crippen LogP contribution in [-0.4, -0.2) is 98.1 Å². The van der Waals surface area contributed by atoms with Crippen LogP contribution in [0.3, 0.4) is 0 Å². The molecule has 0 radical (unpaired) electrons. The molecule has 0 aliphatic carbocycles. The molecule has 1 fully saturated rings. The Balaban J connectivity index is 1.48. The molecule has 1 saturated heterocycles. The van der Waals surface area contributed by atoms with Gasteiger partial charge in [0.15, 0.2) is 11.5 Å². The fourth-order valence-corrected chi connectivity index (χ4v) is 4.49. The molecule has 3 aromatic rings. The van der Waals surface area contributed by atoms with Gasteiger partial charge in [0.1, 0.15) is 24.5 Å². The summed E-state index contributed by atoms with van der Waals surface area (Å²) >= 11 is 0. The smallest absolute Gasteiger partial charge is 0.413 e. The minimum absolute atomic E-state index is 0.260. The van der Waals surface area contributed by atoms with Gasteiger partial charge < -0.3 is 29.5 Å². The summed E-state index contributed by atoms with van der Waals surface area (Å²) in [7, 11) is 5.32. The third kappa shape index (κ3) is 7.49. The van der Waals surface area contributed by atoms with Crippen LogP contribution in [0.2, 0.25) is 0 Å². The van der Waals surface area contributed by atoms with Gasteiger partial charge in [0.25, 0.3) is 0 Å². The molecule has 1 aliphatic heterocycles. The maximum atomic E-state index is 12.4. The molecule has 1 amide bonds. The zero-order valence-electron chi connectivity index (χ0n) is 22.6. The molecule has 0 unspecified atom stereocenters. The van der Waals surface area contributed by atoms with Crippen LogP contribution in [0.5, 0.6) is 17.2 Å². The fraction of sp³-hybridized carbons (Fsp3) is 0.393. The highest BCUT2D eigenvalue weighted by atomic mass is 16.5. The van der Waals surface area contributed by atoms with Gasteiger partial charge in [-0.25, -0.2) is 14.8 Å². The molecule has 2 N–H and O–H groups in total. The number of methoxy groups -OCH3 is 2. The number of nitrogens with zero attached hydrogens (tertiary/aromatic N) is 5. The molecule has 0 bridgehead atoms. The van der Waals surface area contributed by atoms with Crippen molar-refractivity contribution in [2.75, 3.05) is 77.4 Å². The Bertz CT molecular complexity index is 1210. The van der Waals surface area contributed by atoms with Gasteiger partial charge in [0.2, 0.25) is 0 Å². The Morgan fingerprint density at radius 2 is 1.90 bits per heavy atom. The number of carboxylic acid groups (broad SMARTS) is 1. The summed E-state index contributed by atoms with van der Waals surface area (Å²) < 4.78 is 17.0. The highest BCUT2D eigenvalue weighted by molar-refractivity contribution is 5.85. The number of piperazine rings is 1. The van der Waals surface area contributed by atoms with E-state index in [1.54, 1.807) is 20.3 Å². The van der Waals surface area contributed by atoms with Gasteiger partial charge in [0, 0.05) is 57.2 Å². The van der Waals surface area contributed by atoms with Gasteiger partial charge >= 0.3 is 6.09 Å². The first-order valence-electron chi connectivity index (χ1n) is 12.9. The molecule has 11 heteroatoms. The Hall–Kier alpha value is -4.09. The second-order valence-corrected chi connectivity index (χ2v) is 9.25. The predicted molar refractivity (Wildman–Crippen MR) is 149 cm³/mol. The van der Waals surface area contributed by atoms with Crippen LogP contribution in [0.4, 0.5) is 16.3 Å². The topological polar surface area (TPSA) is 113 Å². The summed E-state index contributed by atoms with van der Waals surface area (Å²) in [4.78, 5) is 26.5. The van der Waals surface area contributed by atoms with Gasteiger partial charge in [-0.3, -0.25) is 9.80 Å². The van der Waals surface area contributed by atoms with E-state index in [0.717, 1.165) is 44.0 Å². The SMILES string of the molecule is COc1cccc([C@H](CNc2ccc(OCCN3CCN(C)CC3)c(OC)c2)N(C(=O)O)c2ccncn2)c1. The highest BCUT2D eigenvalue weighted by Gasteiger charge is 2.28. The van der Waals surface area contributed by atoms with Crippen LogP contribution in [-0.2, 0) is 0 Å². The zero-order chi connectivity index (χ0) is 27.6. The number of rotatable bonds is 12. The van der Waals surface area contributed by atoms with Gasteiger partial charge in [0.05, 0.1) is 20.3 Å². The van der Waals surface area contributed by atoms with E-state index in [-0.39, 0.29) is 12.4 Å². The third-order valence-electron chi connectivity index (χ3n) is 6.73. The summed E-state index contributed by atoms with van der Waals surface area (Å²) in [6, 6.07) is 13.9. The fourth-order valence-electron chi connectivity index (χ4n) is 4.49. The van der Waals surface area contributed by atoms with Crippen molar-refractivity contribution >= 4 is 17.6 Å².